The Labute approximate surface area is 154 Å². The maximum absolute atomic E-state index is 12.5. The van der Waals surface area contributed by atoms with Gasteiger partial charge in [0.05, 0.1) is 10.3 Å². The van der Waals surface area contributed by atoms with Gasteiger partial charge in [0, 0.05) is 20.1 Å². The van der Waals surface area contributed by atoms with Gasteiger partial charge in [0.15, 0.2) is 0 Å². The number of amides is 1. The molecule has 0 aliphatic heterocycles. The van der Waals surface area contributed by atoms with Crippen LogP contribution in [0.25, 0.3) is 10.2 Å². The standard InChI is InChI=1S/C19H21N3O3S/c1-12(9-10-13-7-5-4-6-8-13)20-16(23)15-11-14-17(24)21(2)19(25)22(3)18(14)26-15/h4-8,11-12H,9-10H2,1-3H3,(H,20,23)/t12-/m0/s1. The zero-order valence-electron chi connectivity index (χ0n) is 15.0. The Balaban J connectivity index is 1.76. The zero-order valence-corrected chi connectivity index (χ0v) is 15.8. The second-order valence-corrected chi connectivity index (χ2v) is 7.46. The van der Waals surface area contributed by atoms with Gasteiger partial charge in [-0.25, -0.2) is 4.79 Å². The number of hydrogen-bond acceptors (Lipinski definition) is 4. The molecule has 1 N–H and O–H groups in total. The molecule has 0 fully saturated rings. The summed E-state index contributed by atoms with van der Waals surface area (Å²) < 4.78 is 2.45. The van der Waals surface area contributed by atoms with E-state index in [1.165, 1.54) is 17.2 Å². The molecule has 2 heterocycles. The topological polar surface area (TPSA) is 73.1 Å². The minimum atomic E-state index is -0.396. The summed E-state index contributed by atoms with van der Waals surface area (Å²) in [6.07, 6.45) is 1.70. The van der Waals surface area contributed by atoms with Gasteiger partial charge in [0.2, 0.25) is 0 Å². The fourth-order valence-corrected chi connectivity index (χ4v) is 3.88. The van der Waals surface area contributed by atoms with E-state index in [1.807, 2.05) is 25.1 Å². The molecule has 0 bridgehead atoms. The molecule has 2 aromatic heterocycles. The van der Waals surface area contributed by atoms with Crippen molar-refractivity contribution in [2.45, 2.75) is 25.8 Å². The van der Waals surface area contributed by atoms with Crippen LogP contribution in [-0.4, -0.2) is 21.1 Å². The lowest BCUT2D eigenvalue weighted by molar-refractivity contribution is 0.0942. The van der Waals surface area contributed by atoms with Crippen LogP contribution in [0.5, 0.6) is 0 Å². The number of aromatic nitrogens is 2. The number of hydrogen-bond donors (Lipinski definition) is 1. The maximum Gasteiger partial charge on any atom is 0.331 e. The number of fused-ring (bicyclic) bond motifs is 1. The third-order valence-electron chi connectivity index (χ3n) is 4.44. The number of rotatable bonds is 5. The minimum absolute atomic E-state index is 0.000397. The van der Waals surface area contributed by atoms with Gasteiger partial charge in [0.25, 0.3) is 11.5 Å². The number of nitrogens with one attached hydrogen (secondary N) is 1. The van der Waals surface area contributed by atoms with Crippen molar-refractivity contribution in [2.24, 2.45) is 14.1 Å². The SMILES string of the molecule is C[C@@H](CCc1ccccc1)NC(=O)c1cc2c(=O)n(C)c(=O)n(C)c2s1. The number of carbonyl (C=O) groups is 1. The van der Waals surface area contributed by atoms with E-state index in [9.17, 15) is 14.4 Å². The molecule has 3 rings (SSSR count). The van der Waals surface area contributed by atoms with Crippen LogP contribution < -0.4 is 16.6 Å². The van der Waals surface area contributed by atoms with Crippen LogP contribution in [0, 0.1) is 0 Å². The van der Waals surface area contributed by atoms with Gasteiger partial charge in [-0.1, -0.05) is 30.3 Å². The number of benzene rings is 1. The summed E-state index contributed by atoms with van der Waals surface area (Å²) in [4.78, 5) is 37.7. The molecule has 1 aromatic carbocycles. The van der Waals surface area contributed by atoms with E-state index in [0.717, 1.165) is 28.7 Å². The lowest BCUT2D eigenvalue weighted by atomic mass is 10.1. The third-order valence-corrected chi connectivity index (χ3v) is 5.65. The van der Waals surface area contributed by atoms with E-state index in [4.69, 9.17) is 0 Å². The molecule has 1 amide bonds. The van der Waals surface area contributed by atoms with Gasteiger partial charge < -0.3 is 5.32 Å². The second-order valence-electron chi connectivity index (χ2n) is 6.43. The summed E-state index contributed by atoms with van der Waals surface area (Å²) in [6.45, 7) is 1.96. The van der Waals surface area contributed by atoms with Gasteiger partial charge in [0.1, 0.15) is 4.83 Å². The molecule has 0 aliphatic carbocycles. The number of thiophene rings is 1. The quantitative estimate of drug-likeness (QED) is 0.746. The van der Waals surface area contributed by atoms with Crippen molar-refractivity contribution < 1.29 is 4.79 Å². The zero-order chi connectivity index (χ0) is 18.8. The molecule has 6 nitrogen and oxygen atoms in total. The maximum atomic E-state index is 12.5. The molecule has 0 spiro atoms. The highest BCUT2D eigenvalue weighted by Crippen LogP contribution is 2.21. The Bertz CT molecular complexity index is 1060. The van der Waals surface area contributed by atoms with Gasteiger partial charge in [-0.05, 0) is 31.4 Å². The third kappa shape index (κ3) is 3.48. The van der Waals surface area contributed by atoms with Crippen molar-refractivity contribution >= 4 is 27.5 Å². The molecule has 3 aromatic rings. The largest absolute Gasteiger partial charge is 0.349 e. The first-order valence-corrected chi connectivity index (χ1v) is 9.24. The summed E-state index contributed by atoms with van der Waals surface area (Å²) >= 11 is 1.16. The van der Waals surface area contributed by atoms with Crippen molar-refractivity contribution in [3.8, 4) is 0 Å². The summed E-state index contributed by atoms with van der Waals surface area (Å²) in [7, 11) is 3.04. The van der Waals surface area contributed by atoms with Crippen LogP contribution in [0.15, 0.2) is 46.0 Å². The molecule has 0 aliphatic rings. The first-order chi connectivity index (χ1) is 12.4. The Morgan fingerprint density at radius 1 is 1.15 bits per heavy atom. The predicted octanol–water partition coefficient (Wildman–Crippen LogP) is 2.05. The van der Waals surface area contributed by atoms with Crippen LogP contribution in [0.2, 0.25) is 0 Å². The fourth-order valence-electron chi connectivity index (χ4n) is 2.87. The Morgan fingerprint density at radius 3 is 2.54 bits per heavy atom. The average molecular weight is 371 g/mol. The van der Waals surface area contributed by atoms with Gasteiger partial charge in [-0.3, -0.25) is 18.7 Å². The van der Waals surface area contributed by atoms with Crippen LogP contribution in [-0.2, 0) is 20.5 Å². The summed E-state index contributed by atoms with van der Waals surface area (Å²) in [5, 5.41) is 3.36. The minimum Gasteiger partial charge on any atom is -0.349 e. The second kappa shape index (κ2) is 7.29. The van der Waals surface area contributed by atoms with Crippen molar-refractivity contribution in [3.63, 3.8) is 0 Å². The highest BCUT2D eigenvalue weighted by atomic mass is 32.1. The van der Waals surface area contributed by atoms with E-state index in [2.05, 4.69) is 17.4 Å². The molecule has 7 heteroatoms. The average Bonchev–Trinajstić information content (AvgIpc) is 3.09. The summed E-state index contributed by atoms with van der Waals surface area (Å²) in [5.41, 5.74) is 0.456. The summed E-state index contributed by atoms with van der Waals surface area (Å²) in [6, 6.07) is 11.7. The molecule has 1 atom stereocenters. The fraction of sp³-hybridized carbons (Fsp3) is 0.316. The van der Waals surface area contributed by atoms with Crippen molar-refractivity contribution in [1.82, 2.24) is 14.5 Å². The highest BCUT2D eigenvalue weighted by molar-refractivity contribution is 7.20. The van der Waals surface area contributed by atoms with Crippen LogP contribution >= 0.6 is 11.3 Å². The van der Waals surface area contributed by atoms with E-state index < -0.39 is 5.69 Å². The molecule has 0 saturated carbocycles. The lowest BCUT2D eigenvalue weighted by Gasteiger charge is -2.13. The number of aryl methyl sites for hydroxylation is 2. The van der Waals surface area contributed by atoms with Gasteiger partial charge >= 0.3 is 5.69 Å². The molecule has 0 radical (unpaired) electrons. The van der Waals surface area contributed by atoms with E-state index in [1.54, 1.807) is 13.1 Å². The highest BCUT2D eigenvalue weighted by Gasteiger charge is 2.17. The van der Waals surface area contributed by atoms with E-state index in [0.29, 0.717) is 15.1 Å². The Kier molecular flexibility index (Phi) is 5.08. The van der Waals surface area contributed by atoms with Crippen molar-refractivity contribution in [3.05, 3.63) is 67.7 Å². The molecule has 0 unspecified atom stereocenters. The van der Waals surface area contributed by atoms with Crippen LogP contribution in [0.4, 0.5) is 0 Å². The monoisotopic (exact) mass is 371 g/mol. The smallest absolute Gasteiger partial charge is 0.331 e. The lowest BCUT2D eigenvalue weighted by Crippen LogP contribution is -2.36. The van der Waals surface area contributed by atoms with Crippen LogP contribution in [0.3, 0.4) is 0 Å². The predicted molar refractivity (Wildman–Crippen MR) is 104 cm³/mol. The van der Waals surface area contributed by atoms with Crippen molar-refractivity contribution in [1.29, 1.82) is 0 Å². The molecular formula is C19H21N3O3S. The van der Waals surface area contributed by atoms with Gasteiger partial charge in [-0.2, -0.15) is 0 Å². The molecule has 136 valence electrons. The molecule has 26 heavy (non-hydrogen) atoms. The summed E-state index contributed by atoms with van der Waals surface area (Å²) in [5.74, 6) is -0.221. The van der Waals surface area contributed by atoms with E-state index >= 15 is 0 Å². The molecule has 0 saturated heterocycles. The van der Waals surface area contributed by atoms with Gasteiger partial charge in [-0.15, -0.1) is 11.3 Å². The first-order valence-electron chi connectivity index (χ1n) is 8.43. The number of carbonyl (C=O) groups excluding carboxylic acids is 1. The first kappa shape index (κ1) is 18.1. The Morgan fingerprint density at radius 2 is 1.85 bits per heavy atom. The van der Waals surface area contributed by atoms with E-state index in [-0.39, 0.29) is 17.5 Å². The number of nitrogens with zero attached hydrogens (tertiary/aromatic N) is 2. The normalized spacial score (nSPS) is 12.3. The molecular weight excluding hydrogens is 350 g/mol. The van der Waals surface area contributed by atoms with Crippen molar-refractivity contribution in [2.75, 3.05) is 0 Å². The van der Waals surface area contributed by atoms with Crippen LogP contribution in [0.1, 0.15) is 28.6 Å². The Hall–Kier alpha value is -2.67.